The molecular weight excluding hydrogens is 270 g/mol. The Morgan fingerprint density at radius 2 is 1.76 bits per heavy atom. The molecule has 0 aliphatic carbocycles. The van der Waals surface area contributed by atoms with Crippen molar-refractivity contribution in [2.45, 2.75) is 27.7 Å². The van der Waals surface area contributed by atoms with Gasteiger partial charge in [0.05, 0.1) is 16.8 Å². The van der Waals surface area contributed by atoms with Crippen LogP contribution in [0.4, 0.5) is 5.69 Å². The van der Waals surface area contributed by atoms with Gasteiger partial charge in [0.25, 0.3) is 5.91 Å². The van der Waals surface area contributed by atoms with E-state index < -0.39 is 5.97 Å². The van der Waals surface area contributed by atoms with Crippen LogP contribution in [-0.2, 0) is 0 Å². The largest absolute Gasteiger partial charge is 0.478 e. The first-order valence-corrected chi connectivity index (χ1v) is 6.53. The van der Waals surface area contributed by atoms with Gasteiger partial charge < -0.3 is 14.8 Å². The zero-order valence-corrected chi connectivity index (χ0v) is 12.4. The van der Waals surface area contributed by atoms with Gasteiger partial charge in [-0.25, -0.2) is 4.79 Å². The van der Waals surface area contributed by atoms with Crippen LogP contribution in [-0.4, -0.2) is 17.0 Å². The number of aromatic carboxylic acids is 1. The highest BCUT2D eigenvalue weighted by molar-refractivity contribution is 6.09. The molecule has 0 saturated carbocycles. The number of furan rings is 1. The predicted octanol–water partition coefficient (Wildman–Crippen LogP) is 3.46. The summed E-state index contributed by atoms with van der Waals surface area (Å²) in [7, 11) is 0. The van der Waals surface area contributed by atoms with Crippen LogP contribution in [0, 0.1) is 27.7 Å². The van der Waals surface area contributed by atoms with Crippen molar-refractivity contribution in [3.05, 3.63) is 52.0 Å². The summed E-state index contributed by atoms with van der Waals surface area (Å²) >= 11 is 0. The maximum Gasteiger partial charge on any atom is 0.337 e. The number of rotatable bonds is 3. The van der Waals surface area contributed by atoms with Crippen LogP contribution in [0.5, 0.6) is 0 Å². The van der Waals surface area contributed by atoms with Crippen LogP contribution in [0.15, 0.2) is 22.6 Å². The molecule has 110 valence electrons. The molecule has 0 spiro atoms. The Bertz CT molecular complexity index is 728. The molecule has 0 fully saturated rings. The Balaban J connectivity index is 2.38. The molecular formula is C16H17NO4. The summed E-state index contributed by atoms with van der Waals surface area (Å²) in [5.74, 6) is -0.245. The summed E-state index contributed by atoms with van der Waals surface area (Å²) in [5, 5.41) is 11.9. The van der Waals surface area contributed by atoms with Crippen LogP contribution >= 0.6 is 0 Å². The topological polar surface area (TPSA) is 79.5 Å². The third-order valence-corrected chi connectivity index (χ3v) is 3.44. The van der Waals surface area contributed by atoms with Crippen molar-refractivity contribution in [1.29, 1.82) is 0 Å². The number of amides is 1. The van der Waals surface area contributed by atoms with Crippen molar-refractivity contribution in [2.24, 2.45) is 0 Å². The Morgan fingerprint density at radius 3 is 2.29 bits per heavy atom. The highest BCUT2D eigenvalue weighted by Crippen LogP contribution is 2.23. The number of aryl methyl sites for hydroxylation is 3. The molecule has 1 amide bonds. The number of hydrogen-bond acceptors (Lipinski definition) is 3. The molecule has 0 unspecified atom stereocenters. The lowest BCUT2D eigenvalue weighted by Gasteiger charge is -2.09. The molecule has 21 heavy (non-hydrogen) atoms. The molecule has 5 heteroatoms. The second-order valence-corrected chi connectivity index (χ2v) is 5.02. The summed E-state index contributed by atoms with van der Waals surface area (Å²) in [6, 6.07) is 4.87. The second-order valence-electron chi connectivity index (χ2n) is 5.02. The number of carbonyl (C=O) groups is 2. The van der Waals surface area contributed by atoms with Crippen molar-refractivity contribution in [3.8, 4) is 0 Å². The van der Waals surface area contributed by atoms with Crippen LogP contribution in [0.25, 0.3) is 0 Å². The molecule has 1 aromatic heterocycles. The summed E-state index contributed by atoms with van der Waals surface area (Å²) in [5.41, 5.74) is 2.37. The fraction of sp³-hybridized carbons (Fsp3) is 0.250. The maximum atomic E-state index is 12.4. The molecule has 0 aliphatic rings. The molecule has 0 bridgehead atoms. The zero-order chi connectivity index (χ0) is 15.7. The van der Waals surface area contributed by atoms with Crippen molar-refractivity contribution < 1.29 is 19.1 Å². The molecule has 2 aromatic rings. The average molecular weight is 287 g/mol. The van der Waals surface area contributed by atoms with E-state index in [2.05, 4.69) is 5.32 Å². The highest BCUT2D eigenvalue weighted by atomic mass is 16.4. The van der Waals surface area contributed by atoms with Gasteiger partial charge in [0.2, 0.25) is 0 Å². The van der Waals surface area contributed by atoms with Crippen LogP contribution in [0.1, 0.15) is 43.4 Å². The van der Waals surface area contributed by atoms with Gasteiger partial charge in [-0.05, 0) is 39.8 Å². The van der Waals surface area contributed by atoms with E-state index in [0.717, 1.165) is 11.1 Å². The number of anilines is 1. The molecule has 1 aromatic carbocycles. The normalized spacial score (nSPS) is 10.5. The summed E-state index contributed by atoms with van der Waals surface area (Å²) in [6.45, 7) is 7.09. The average Bonchev–Trinajstić information content (AvgIpc) is 2.65. The van der Waals surface area contributed by atoms with Gasteiger partial charge in [-0.15, -0.1) is 0 Å². The predicted molar refractivity (Wildman–Crippen MR) is 79.0 cm³/mol. The van der Waals surface area contributed by atoms with Crippen molar-refractivity contribution >= 4 is 17.6 Å². The van der Waals surface area contributed by atoms with E-state index in [-0.39, 0.29) is 17.2 Å². The molecule has 5 nitrogen and oxygen atoms in total. The lowest BCUT2D eigenvalue weighted by Crippen LogP contribution is -2.16. The summed E-state index contributed by atoms with van der Waals surface area (Å²) in [4.78, 5) is 23.6. The molecule has 0 saturated heterocycles. The minimum absolute atomic E-state index is 0.0684. The van der Waals surface area contributed by atoms with Crippen molar-refractivity contribution in [1.82, 2.24) is 0 Å². The summed E-state index contributed by atoms with van der Waals surface area (Å²) in [6.07, 6.45) is 0. The second kappa shape index (κ2) is 5.44. The van der Waals surface area contributed by atoms with Gasteiger partial charge in [0, 0.05) is 5.56 Å². The maximum absolute atomic E-state index is 12.4. The highest BCUT2D eigenvalue weighted by Gasteiger charge is 2.20. The third kappa shape index (κ3) is 2.81. The number of nitrogens with one attached hydrogen (secondary N) is 1. The zero-order valence-electron chi connectivity index (χ0n) is 12.4. The van der Waals surface area contributed by atoms with Crippen LogP contribution in [0.3, 0.4) is 0 Å². The smallest absolute Gasteiger partial charge is 0.337 e. The monoisotopic (exact) mass is 287 g/mol. The third-order valence-electron chi connectivity index (χ3n) is 3.44. The van der Waals surface area contributed by atoms with Gasteiger partial charge in [-0.2, -0.15) is 0 Å². The standard InChI is InChI=1S/C16H17NO4/c1-8-5-6-13(12(7-8)16(19)20)17-15(18)14-9(2)10(3)21-11(14)4/h5-7H,1-4H3,(H,17,18)(H,19,20). The molecule has 0 atom stereocenters. The van der Waals surface area contributed by atoms with Gasteiger partial charge in [0.1, 0.15) is 11.5 Å². The van der Waals surface area contributed by atoms with Crippen molar-refractivity contribution in [3.63, 3.8) is 0 Å². The molecule has 2 rings (SSSR count). The van der Waals surface area contributed by atoms with E-state index in [4.69, 9.17) is 4.42 Å². The first-order chi connectivity index (χ1) is 9.81. The molecule has 0 aliphatic heterocycles. The van der Waals surface area contributed by atoms with E-state index in [0.29, 0.717) is 17.1 Å². The van der Waals surface area contributed by atoms with E-state index in [1.807, 2.05) is 0 Å². The Kier molecular flexibility index (Phi) is 3.84. The van der Waals surface area contributed by atoms with Gasteiger partial charge >= 0.3 is 5.97 Å². The lowest BCUT2D eigenvalue weighted by atomic mass is 10.1. The van der Waals surface area contributed by atoms with E-state index in [1.165, 1.54) is 6.07 Å². The summed E-state index contributed by atoms with van der Waals surface area (Å²) < 4.78 is 5.42. The van der Waals surface area contributed by atoms with E-state index >= 15 is 0 Å². The Labute approximate surface area is 122 Å². The van der Waals surface area contributed by atoms with E-state index in [9.17, 15) is 14.7 Å². The first kappa shape index (κ1) is 14.8. The van der Waals surface area contributed by atoms with Gasteiger partial charge in [-0.3, -0.25) is 4.79 Å². The fourth-order valence-electron chi connectivity index (χ4n) is 2.26. The SMILES string of the molecule is Cc1ccc(NC(=O)c2c(C)oc(C)c2C)c(C(=O)O)c1. The number of carboxylic acid groups (broad SMARTS) is 1. The first-order valence-electron chi connectivity index (χ1n) is 6.53. The minimum atomic E-state index is -1.08. The number of benzene rings is 1. The van der Waals surface area contributed by atoms with Crippen molar-refractivity contribution in [2.75, 3.05) is 5.32 Å². The van der Waals surface area contributed by atoms with E-state index in [1.54, 1.807) is 39.8 Å². The quantitative estimate of drug-likeness (QED) is 0.906. The Hall–Kier alpha value is -2.56. The number of hydrogen-bond donors (Lipinski definition) is 2. The lowest BCUT2D eigenvalue weighted by molar-refractivity contribution is 0.0698. The fourth-order valence-corrected chi connectivity index (χ4v) is 2.26. The molecule has 0 radical (unpaired) electrons. The minimum Gasteiger partial charge on any atom is -0.478 e. The van der Waals surface area contributed by atoms with Gasteiger partial charge in [0.15, 0.2) is 0 Å². The van der Waals surface area contributed by atoms with Crippen LogP contribution < -0.4 is 5.32 Å². The van der Waals surface area contributed by atoms with Gasteiger partial charge in [-0.1, -0.05) is 11.6 Å². The Morgan fingerprint density at radius 1 is 1.10 bits per heavy atom. The number of carbonyl (C=O) groups excluding carboxylic acids is 1. The number of carboxylic acids is 1. The van der Waals surface area contributed by atoms with Crippen LogP contribution in [0.2, 0.25) is 0 Å². The molecule has 1 heterocycles. The molecule has 2 N–H and O–H groups in total.